The van der Waals surface area contributed by atoms with Gasteiger partial charge in [-0.15, -0.1) is 0 Å². The van der Waals surface area contributed by atoms with Crippen LogP contribution in [0.25, 0.3) is 10.9 Å². The van der Waals surface area contributed by atoms with E-state index < -0.39 is 0 Å². The lowest BCUT2D eigenvalue weighted by atomic mass is 9.70. The molecule has 1 aromatic heterocycles. The normalized spacial score (nSPS) is 17.8. The van der Waals surface area contributed by atoms with Crippen LogP contribution in [-0.4, -0.2) is 72.9 Å². The third-order valence-electron chi connectivity index (χ3n) is 9.66. The Morgan fingerprint density at radius 3 is 2.07 bits per heavy atom. The van der Waals surface area contributed by atoms with Crippen LogP contribution in [0.15, 0.2) is 30.3 Å². The Bertz CT molecular complexity index is 1460. The summed E-state index contributed by atoms with van der Waals surface area (Å²) < 4.78 is 0. The Labute approximate surface area is 280 Å². The van der Waals surface area contributed by atoms with Gasteiger partial charge >= 0.3 is 0 Å². The first kappa shape index (κ1) is 37.3. The third-order valence-corrected chi connectivity index (χ3v) is 9.66. The van der Waals surface area contributed by atoms with Gasteiger partial charge in [0.25, 0.3) is 0 Å². The smallest absolute Gasteiger partial charge is 0.195 e. The van der Waals surface area contributed by atoms with Crippen LogP contribution >= 0.6 is 0 Å². The van der Waals surface area contributed by atoms with E-state index in [2.05, 4.69) is 93.4 Å². The number of H-pyrrole nitrogens is 1. The molecule has 6 rings (SSSR count). The van der Waals surface area contributed by atoms with Crippen LogP contribution < -0.4 is 4.90 Å². The van der Waals surface area contributed by atoms with Crippen LogP contribution in [0.3, 0.4) is 0 Å². The lowest BCUT2D eigenvalue weighted by Gasteiger charge is -2.43. The second kappa shape index (κ2) is 17.1. The number of ketones is 1. The first-order valence-electron chi connectivity index (χ1n) is 18.1. The van der Waals surface area contributed by atoms with Gasteiger partial charge in [0.2, 0.25) is 0 Å². The molecule has 0 spiro atoms. The van der Waals surface area contributed by atoms with Crippen LogP contribution in [-0.2, 0) is 11.8 Å². The number of carbonyl (C=O) groups excluding carboxylic acids is 1. The summed E-state index contributed by atoms with van der Waals surface area (Å²) >= 11 is 0. The second-order valence-corrected chi connectivity index (χ2v) is 13.3. The molecule has 2 saturated heterocycles. The maximum absolute atomic E-state index is 13.9. The molecule has 2 aromatic carbocycles. The van der Waals surface area contributed by atoms with Gasteiger partial charge in [-0.05, 0) is 61.7 Å². The predicted molar refractivity (Wildman–Crippen MR) is 197 cm³/mol. The van der Waals surface area contributed by atoms with E-state index >= 15 is 0 Å². The quantitative estimate of drug-likeness (QED) is 0.313. The van der Waals surface area contributed by atoms with Crippen molar-refractivity contribution < 1.29 is 4.79 Å². The summed E-state index contributed by atoms with van der Waals surface area (Å²) in [6.07, 6.45) is 7.18. The molecule has 252 valence electrons. The average molecular weight is 628 g/mol. The number of hydrogen-bond donors (Lipinski definition) is 1. The topological polar surface area (TPSA) is 66.4 Å². The van der Waals surface area contributed by atoms with Crippen LogP contribution in [0.1, 0.15) is 133 Å². The Hall–Kier alpha value is -3.14. The standard InChI is InChI=1S/C31H37N5O.C4H10.C3H8.C2H6/c1-5-21-17-24-25(18-27(21)36-10-8-22(9-11-36)35-14-12-34(4)13-15-35)31(2,3)30-28(29(24)37)23-7-6-20(19-32)16-26(23)33-30;1-3-4-2;1-3-2;1-2/h6-7,16-18,22,33H,5,8-15H2,1-4H3;3-4H2,1-2H3;3H2,1-2H3;1-2H3. The van der Waals surface area contributed by atoms with E-state index in [4.69, 9.17) is 0 Å². The van der Waals surface area contributed by atoms with E-state index in [1.165, 1.54) is 69.5 Å². The fourth-order valence-corrected chi connectivity index (χ4v) is 6.82. The number of anilines is 1. The average Bonchev–Trinajstić information content (AvgIpc) is 3.49. The highest BCUT2D eigenvalue weighted by molar-refractivity contribution is 6.20. The highest BCUT2D eigenvalue weighted by Crippen LogP contribution is 2.46. The molecule has 2 aliphatic heterocycles. The zero-order chi connectivity index (χ0) is 34.0. The number of unbranched alkanes of at least 4 members (excludes halogenated alkanes) is 1. The molecule has 0 bridgehead atoms. The van der Waals surface area contributed by atoms with Crippen molar-refractivity contribution in [3.8, 4) is 6.07 Å². The number of aromatic nitrogens is 1. The summed E-state index contributed by atoms with van der Waals surface area (Å²) in [5.74, 6) is 0.0929. The number of carbonyl (C=O) groups is 1. The van der Waals surface area contributed by atoms with Crippen LogP contribution in [0.4, 0.5) is 5.69 Å². The molecule has 0 saturated carbocycles. The summed E-state index contributed by atoms with van der Waals surface area (Å²) in [6, 6.07) is 13.0. The third kappa shape index (κ3) is 7.86. The number of rotatable bonds is 4. The van der Waals surface area contributed by atoms with E-state index in [0.717, 1.165) is 52.8 Å². The van der Waals surface area contributed by atoms with Gasteiger partial charge < -0.3 is 14.8 Å². The van der Waals surface area contributed by atoms with Gasteiger partial charge in [-0.3, -0.25) is 9.69 Å². The Balaban J connectivity index is 0.000000577. The van der Waals surface area contributed by atoms with Crippen LogP contribution in [0.2, 0.25) is 0 Å². The summed E-state index contributed by atoms with van der Waals surface area (Å²) in [5, 5.41) is 10.3. The van der Waals surface area contributed by atoms with Crippen molar-refractivity contribution in [2.75, 3.05) is 51.2 Å². The Morgan fingerprint density at radius 2 is 1.52 bits per heavy atom. The SMILES string of the molecule is CC.CCC.CCCC.CCc1cc2c(cc1N1CCC(N3CCN(C)CC3)CC1)C(C)(C)c1[nH]c3cc(C#N)ccc3c1C2=O. The Morgan fingerprint density at radius 1 is 0.913 bits per heavy atom. The number of aryl methyl sites for hydroxylation is 1. The molecule has 1 aliphatic carbocycles. The van der Waals surface area contributed by atoms with Crippen molar-refractivity contribution in [2.24, 2.45) is 0 Å². The van der Waals surface area contributed by atoms with Crippen molar-refractivity contribution in [1.29, 1.82) is 5.26 Å². The van der Waals surface area contributed by atoms with Gasteiger partial charge in [0, 0.05) is 78.6 Å². The van der Waals surface area contributed by atoms with Crippen molar-refractivity contribution >= 4 is 22.4 Å². The molecule has 6 nitrogen and oxygen atoms in total. The van der Waals surface area contributed by atoms with Crippen molar-refractivity contribution in [3.63, 3.8) is 0 Å². The monoisotopic (exact) mass is 627 g/mol. The van der Waals surface area contributed by atoms with E-state index in [1.807, 2.05) is 26.0 Å². The molecule has 0 amide bonds. The van der Waals surface area contributed by atoms with E-state index in [9.17, 15) is 10.1 Å². The number of fused-ring (bicyclic) bond motifs is 4. The zero-order valence-corrected chi connectivity index (χ0v) is 30.6. The van der Waals surface area contributed by atoms with Gasteiger partial charge in [0.05, 0.1) is 17.2 Å². The number of aromatic amines is 1. The van der Waals surface area contributed by atoms with Crippen molar-refractivity contribution in [2.45, 2.75) is 112 Å². The molecule has 0 atom stereocenters. The highest BCUT2D eigenvalue weighted by atomic mass is 16.1. The Kier molecular flexibility index (Phi) is 13.9. The predicted octanol–water partition coefficient (Wildman–Crippen LogP) is 8.94. The molecule has 3 heterocycles. The molecular formula is C40H61N5O. The summed E-state index contributed by atoms with van der Waals surface area (Å²) in [6.45, 7) is 26.1. The number of likely N-dealkylation sites (N-methyl/N-ethyl adjacent to an activating group) is 1. The molecular weight excluding hydrogens is 566 g/mol. The summed E-state index contributed by atoms with van der Waals surface area (Å²) in [4.78, 5) is 25.1. The highest BCUT2D eigenvalue weighted by Gasteiger charge is 2.41. The minimum atomic E-state index is -0.344. The molecule has 0 radical (unpaired) electrons. The fourth-order valence-electron chi connectivity index (χ4n) is 6.82. The van der Waals surface area contributed by atoms with Crippen LogP contribution in [0, 0.1) is 11.3 Å². The number of piperazine rings is 1. The number of hydrogen-bond acceptors (Lipinski definition) is 5. The van der Waals surface area contributed by atoms with Crippen molar-refractivity contribution in [1.82, 2.24) is 14.8 Å². The minimum absolute atomic E-state index is 0.0929. The number of piperidine rings is 1. The van der Waals surface area contributed by atoms with Gasteiger partial charge in [-0.25, -0.2) is 0 Å². The van der Waals surface area contributed by atoms with E-state index in [0.29, 0.717) is 11.6 Å². The fraction of sp³-hybridized carbons (Fsp3) is 0.600. The largest absolute Gasteiger partial charge is 0.371 e. The molecule has 6 heteroatoms. The first-order chi connectivity index (χ1) is 22.1. The number of nitriles is 1. The van der Waals surface area contributed by atoms with Gasteiger partial charge in [-0.1, -0.05) is 87.6 Å². The summed E-state index contributed by atoms with van der Waals surface area (Å²) in [5.41, 5.74) is 7.33. The molecule has 46 heavy (non-hydrogen) atoms. The van der Waals surface area contributed by atoms with Gasteiger partial charge in [-0.2, -0.15) is 5.26 Å². The van der Waals surface area contributed by atoms with Gasteiger partial charge in [0.1, 0.15) is 0 Å². The number of nitrogens with zero attached hydrogens (tertiary/aromatic N) is 4. The number of nitrogens with one attached hydrogen (secondary N) is 1. The van der Waals surface area contributed by atoms with Crippen LogP contribution in [0.5, 0.6) is 0 Å². The van der Waals surface area contributed by atoms with Crippen molar-refractivity contribution in [3.05, 3.63) is 63.8 Å². The number of benzene rings is 2. The van der Waals surface area contributed by atoms with Gasteiger partial charge in [0.15, 0.2) is 5.78 Å². The first-order valence-corrected chi connectivity index (χ1v) is 18.1. The summed E-state index contributed by atoms with van der Waals surface area (Å²) in [7, 11) is 2.22. The maximum Gasteiger partial charge on any atom is 0.195 e. The zero-order valence-electron chi connectivity index (χ0n) is 30.6. The molecule has 0 unspecified atom stereocenters. The lowest BCUT2D eigenvalue weighted by molar-refractivity contribution is 0.0982. The van der Waals surface area contributed by atoms with E-state index in [-0.39, 0.29) is 11.2 Å². The lowest BCUT2D eigenvalue weighted by Crippen LogP contribution is -2.52. The molecule has 3 aromatic rings. The molecule has 2 fully saturated rings. The molecule has 3 aliphatic rings. The minimum Gasteiger partial charge on any atom is -0.371 e. The second-order valence-electron chi connectivity index (χ2n) is 13.3. The molecule has 1 N–H and O–H groups in total. The van der Waals surface area contributed by atoms with E-state index in [1.54, 1.807) is 6.07 Å². The maximum atomic E-state index is 13.9.